The average molecular weight is 213 g/mol. The molecule has 0 radical (unpaired) electrons. The van der Waals surface area contributed by atoms with Crippen molar-refractivity contribution in [3.8, 4) is 5.75 Å². The van der Waals surface area contributed by atoms with Gasteiger partial charge in [-0.2, -0.15) is 0 Å². The second kappa shape index (κ2) is 3.92. The van der Waals surface area contributed by atoms with Crippen molar-refractivity contribution >= 4 is 23.2 Å². The molecule has 0 atom stereocenters. The minimum Gasteiger partial charge on any atom is -0.463 e. The molecule has 0 aromatic heterocycles. The van der Waals surface area contributed by atoms with Crippen LogP contribution in [0.25, 0.3) is 0 Å². The van der Waals surface area contributed by atoms with Gasteiger partial charge in [0.2, 0.25) is 6.86 Å². The summed E-state index contributed by atoms with van der Waals surface area (Å²) in [6.07, 6.45) is 0. The molecule has 0 spiro atoms. The van der Waals surface area contributed by atoms with E-state index < -0.39 is 12.7 Å². The maximum atomic E-state index is 12.7. The highest BCUT2D eigenvalue weighted by atomic mass is 35.5. The van der Waals surface area contributed by atoms with E-state index in [1.165, 1.54) is 6.07 Å². The van der Waals surface area contributed by atoms with Crippen LogP contribution in [0.4, 0.5) is 8.78 Å². The number of hydrogen-bond acceptors (Lipinski definition) is 1. The molecule has 1 rings (SSSR count). The fraction of sp³-hybridized carbons (Fsp3) is 0.143. The molecular weight excluding hydrogens is 209 g/mol. The number of benzene rings is 1. The Kier molecular flexibility index (Phi) is 3.12. The molecule has 0 aliphatic rings. The van der Waals surface area contributed by atoms with Gasteiger partial charge in [0.1, 0.15) is 11.6 Å². The zero-order valence-corrected chi connectivity index (χ0v) is 7.29. The Morgan fingerprint density at radius 2 is 2.00 bits per heavy atom. The van der Waals surface area contributed by atoms with Gasteiger partial charge in [-0.05, 0) is 0 Å². The minimum atomic E-state index is -1.03. The summed E-state index contributed by atoms with van der Waals surface area (Å²) in [6, 6.07) is 2.21. The molecule has 0 aliphatic heterocycles. The molecule has 0 saturated heterocycles. The van der Waals surface area contributed by atoms with E-state index in [1.807, 2.05) is 0 Å². The van der Waals surface area contributed by atoms with Crippen molar-refractivity contribution in [1.29, 1.82) is 0 Å². The predicted octanol–water partition coefficient (Wildman–Crippen LogP) is 3.44. The van der Waals surface area contributed by atoms with Crippen LogP contribution in [-0.2, 0) is 0 Å². The lowest BCUT2D eigenvalue weighted by atomic mass is 10.3. The van der Waals surface area contributed by atoms with Crippen LogP contribution in [0.15, 0.2) is 12.1 Å². The maximum Gasteiger partial charge on any atom is 0.228 e. The lowest BCUT2D eigenvalue weighted by molar-refractivity contribution is 0.191. The first-order valence-electron chi connectivity index (χ1n) is 2.98. The molecule has 12 heavy (non-hydrogen) atoms. The first-order valence-corrected chi connectivity index (χ1v) is 3.74. The highest BCUT2D eigenvalue weighted by molar-refractivity contribution is 6.42. The van der Waals surface area contributed by atoms with Crippen molar-refractivity contribution in [2.75, 3.05) is 6.86 Å². The number of ether oxygens (including phenoxy) is 1. The Hall–Kier alpha value is -0.540. The van der Waals surface area contributed by atoms with Crippen LogP contribution in [-0.4, -0.2) is 6.86 Å². The lowest BCUT2D eigenvalue weighted by Crippen LogP contribution is -1.91. The Labute approximate surface area is 77.8 Å². The summed E-state index contributed by atoms with van der Waals surface area (Å²) in [7, 11) is 0. The maximum absolute atomic E-state index is 12.7. The Balaban J connectivity index is 3.04. The summed E-state index contributed by atoms with van der Waals surface area (Å²) in [5.74, 6) is -0.711. The van der Waals surface area contributed by atoms with Crippen LogP contribution in [0.5, 0.6) is 5.75 Å². The molecule has 0 bridgehead atoms. The first kappa shape index (κ1) is 9.55. The smallest absolute Gasteiger partial charge is 0.228 e. The third-order valence-electron chi connectivity index (χ3n) is 1.18. The second-order valence-corrected chi connectivity index (χ2v) is 2.74. The molecule has 66 valence electrons. The van der Waals surface area contributed by atoms with Gasteiger partial charge in [-0.3, -0.25) is 0 Å². The molecule has 0 aliphatic carbocycles. The van der Waals surface area contributed by atoms with Crippen LogP contribution in [0.1, 0.15) is 0 Å². The van der Waals surface area contributed by atoms with Crippen LogP contribution in [0.2, 0.25) is 10.0 Å². The van der Waals surface area contributed by atoms with Crippen LogP contribution in [0.3, 0.4) is 0 Å². The van der Waals surface area contributed by atoms with Crippen molar-refractivity contribution < 1.29 is 13.5 Å². The summed E-state index contributed by atoms with van der Waals surface area (Å²) >= 11 is 10.9. The fourth-order valence-electron chi connectivity index (χ4n) is 0.679. The molecule has 5 heteroatoms. The monoisotopic (exact) mass is 212 g/mol. The SMILES string of the molecule is FCOc1cc(F)c(Cl)c(Cl)c1. The summed E-state index contributed by atoms with van der Waals surface area (Å²) in [6.45, 7) is -1.03. The van der Waals surface area contributed by atoms with Gasteiger partial charge in [0.15, 0.2) is 0 Å². The van der Waals surface area contributed by atoms with Crippen molar-refractivity contribution in [3.63, 3.8) is 0 Å². The third-order valence-corrected chi connectivity index (χ3v) is 1.96. The minimum absolute atomic E-state index is 0.000108. The molecule has 0 saturated carbocycles. The summed E-state index contributed by atoms with van der Waals surface area (Å²) < 4.78 is 28.7. The van der Waals surface area contributed by atoms with Gasteiger partial charge in [-0.15, -0.1) is 0 Å². The number of halogens is 4. The largest absolute Gasteiger partial charge is 0.463 e. The van der Waals surface area contributed by atoms with E-state index in [4.69, 9.17) is 23.2 Å². The predicted molar refractivity (Wildman–Crippen MR) is 43.0 cm³/mol. The van der Waals surface area contributed by atoms with E-state index in [0.29, 0.717) is 0 Å². The standard InChI is InChI=1S/C7H4Cl2F2O/c8-5-1-4(12-3-10)2-6(11)7(5)9/h1-2H,3H2. The van der Waals surface area contributed by atoms with Crippen LogP contribution >= 0.6 is 23.2 Å². The lowest BCUT2D eigenvalue weighted by Gasteiger charge is -2.03. The number of rotatable bonds is 2. The summed E-state index contributed by atoms with van der Waals surface area (Å²) in [5.41, 5.74) is 0. The van der Waals surface area contributed by atoms with E-state index in [0.717, 1.165) is 6.07 Å². The quantitative estimate of drug-likeness (QED) is 0.683. The van der Waals surface area contributed by atoms with Crippen molar-refractivity contribution in [2.24, 2.45) is 0 Å². The highest BCUT2D eigenvalue weighted by Crippen LogP contribution is 2.29. The van der Waals surface area contributed by atoms with Gasteiger partial charge < -0.3 is 4.74 Å². The van der Waals surface area contributed by atoms with E-state index in [1.54, 1.807) is 0 Å². The molecule has 0 unspecified atom stereocenters. The van der Waals surface area contributed by atoms with E-state index in [9.17, 15) is 8.78 Å². The fourth-order valence-corrected chi connectivity index (χ4v) is 0.986. The summed E-state index contributed by atoms with van der Waals surface area (Å²) in [4.78, 5) is 0. The van der Waals surface area contributed by atoms with Crippen molar-refractivity contribution in [2.45, 2.75) is 0 Å². The van der Waals surface area contributed by atoms with E-state index in [-0.39, 0.29) is 15.8 Å². The molecule has 0 fully saturated rings. The Morgan fingerprint density at radius 1 is 1.33 bits per heavy atom. The Morgan fingerprint density at radius 3 is 2.50 bits per heavy atom. The van der Waals surface area contributed by atoms with Crippen molar-refractivity contribution in [3.05, 3.63) is 28.0 Å². The average Bonchev–Trinajstić information content (AvgIpc) is 2.01. The Bertz CT molecular complexity index is 268. The van der Waals surface area contributed by atoms with Crippen LogP contribution < -0.4 is 4.74 Å². The molecule has 0 heterocycles. The highest BCUT2D eigenvalue weighted by Gasteiger charge is 2.07. The van der Waals surface area contributed by atoms with Gasteiger partial charge >= 0.3 is 0 Å². The van der Waals surface area contributed by atoms with Crippen molar-refractivity contribution in [1.82, 2.24) is 0 Å². The van der Waals surface area contributed by atoms with Gasteiger partial charge in [0.05, 0.1) is 10.0 Å². The third kappa shape index (κ3) is 1.99. The van der Waals surface area contributed by atoms with Gasteiger partial charge in [-0.25, -0.2) is 8.78 Å². The van der Waals surface area contributed by atoms with Gasteiger partial charge in [0.25, 0.3) is 0 Å². The first-order chi connectivity index (χ1) is 5.65. The van der Waals surface area contributed by atoms with Crippen LogP contribution in [0, 0.1) is 5.82 Å². The molecular formula is C7H4Cl2F2O. The van der Waals surface area contributed by atoms with Gasteiger partial charge in [-0.1, -0.05) is 23.2 Å². The second-order valence-electron chi connectivity index (χ2n) is 1.95. The molecule has 1 nitrogen and oxygen atoms in total. The molecule has 0 amide bonds. The topological polar surface area (TPSA) is 9.23 Å². The van der Waals surface area contributed by atoms with E-state index in [2.05, 4.69) is 4.74 Å². The molecule has 1 aromatic rings. The zero-order valence-electron chi connectivity index (χ0n) is 5.78. The van der Waals surface area contributed by atoms with Gasteiger partial charge in [0, 0.05) is 12.1 Å². The van der Waals surface area contributed by atoms with E-state index >= 15 is 0 Å². The number of alkyl halides is 1. The number of hydrogen-bond donors (Lipinski definition) is 0. The normalized spacial score (nSPS) is 10.0. The molecule has 1 aromatic carbocycles. The molecule has 0 N–H and O–H groups in total. The zero-order chi connectivity index (χ0) is 9.14. The summed E-state index contributed by atoms with van der Waals surface area (Å²) in [5, 5.41) is -0.192.